The van der Waals surface area contributed by atoms with Gasteiger partial charge in [-0.25, -0.2) is 4.39 Å². The van der Waals surface area contributed by atoms with Crippen LogP contribution in [0, 0.1) is 6.92 Å². The summed E-state index contributed by atoms with van der Waals surface area (Å²) in [7, 11) is 0. The van der Waals surface area contributed by atoms with Gasteiger partial charge in [-0.1, -0.05) is 61.6 Å². The van der Waals surface area contributed by atoms with Gasteiger partial charge in [0.1, 0.15) is 5.83 Å². The monoisotopic (exact) mass is 417 g/mol. The number of halogens is 1. The third-order valence-corrected chi connectivity index (χ3v) is 5.56. The van der Waals surface area contributed by atoms with Gasteiger partial charge in [0.15, 0.2) is 0 Å². The second-order valence-electron chi connectivity index (χ2n) is 8.30. The van der Waals surface area contributed by atoms with Crippen LogP contribution in [0.3, 0.4) is 0 Å². The fourth-order valence-corrected chi connectivity index (χ4v) is 3.56. The van der Waals surface area contributed by atoms with Crippen LogP contribution in [-0.4, -0.2) is 0 Å². The summed E-state index contributed by atoms with van der Waals surface area (Å²) in [6.45, 7) is 18.5. The maximum atomic E-state index is 14.7. The van der Waals surface area contributed by atoms with Gasteiger partial charge in [0.2, 0.25) is 0 Å². The van der Waals surface area contributed by atoms with Crippen LogP contribution in [0.15, 0.2) is 107 Å². The van der Waals surface area contributed by atoms with Gasteiger partial charge in [0, 0.05) is 23.4 Å². The summed E-state index contributed by atoms with van der Waals surface area (Å²) in [6.07, 6.45) is 11.1. The van der Waals surface area contributed by atoms with Crippen molar-refractivity contribution in [2.24, 2.45) is 0 Å². The molecule has 0 atom stereocenters. The largest absolute Gasteiger partial charge is 0.359 e. The molecule has 0 heterocycles. The first-order valence-corrected chi connectivity index (χ1v) is 11.0. The van der Waals surface area contributed by atoms with Crippen LogP contribution in [0.1, 0.15) is 58.9 Å². The summed E-state index contributed by atoms with van der Waals surface area (Å²) in [5.41, 5.74) is 9.09. The third-order valence-electron chi connectivity index (χ3n) is 5.56. The third kappa shape index (κ3) is 7.10. The molecule has 2 rings (SSSR count). The van der Waals surface area contributed by atoms with Gasteiger partial charge >= 0.3 is 0 Å². The van der Waals surface area contributed by atoms with Crippen LogP contribution in [0.25, 0.3) is 0 Å². The Balaban J connectivity index is 2.28. The number of nitrogens with one attached hydrogen (secondary N) is 1. The number of rotatable bonds is 9. The van der Waals surface area contributed by atoms with Gasteiger partial charge in [-0.2, -0.15) is 0 Å². The lowest BCUT2D eigenvalue weighted by Gasteiger charge is -2.20. The van der Waals surface area contributed by atoms with Crippen molar-refractivity contribution < 1.29 is 4.39 Å². The lowest BCUT2D eigenvalue weighted by molar-refractivity contribution is 0.576. The lowest BCUT2D eigenvalue weighted by atomic mass is 9.86. The van der Waals surface area contributed by atoms with Crippen molar-refractivity contribution in [1.29, 1.82) is 0 Å². The molecular weight excluding hydrogens is 381 g/mol. The molecule has 1 aliphatic rings. The molecule has 0 unspecified atom stereocenters. The molecule has 0 fully saturated rings. The molecule has 1 N–H and O–H groups in total. The predicted octanol–water partition coefficient (Wildman–Crippen LogP) is 9.06. The minimum Gasteiger partial charge on any atom is -0.359 e. The number of benzene rings is 1. The molecule has 2 heteroatoms. The molecule has 0 spiro atoms. The highest BCUT2D eigenvalue weighted by atomic mass is 19.1. The van der Waals surface area contributed by atoms with E-state index in [0.29, 0.717) is 12.8 Å². The van der Waals surface area contributed by atoms with E-state index in [2.05, 4.69) is 80.9 Å². The fourth-order valence-electron chi connectivity index (χ4n) is 3.56. The van der Waals surface area contributed by atoms with E-state index in [9.17, 15) is 4.39 Å². The molecule has 0 amide bonds. The summed E-state index contributed by atoms with van der Waals surface area (Å²) < 4.78 is 14.7. The van der Waals surface area contributed by atoms with E-state index in [1.54, 1.807) is 0 Å². The Morgan fingerprint density at radius 1 is 1.10 bits per heavy atom. The highest BCUT2D eigenvalue weighted by molar-refractivity contribution is 5.57. The Labute approximate surface area is 188 Å². The van der Waals surface area contributed by atoms with Gasteiger partial charge in [-0.05, 0) is 87.5 Å². The second kappa shape index (κ2) is 11.5. The van der Waals surface area contributed by atoms with Crippen LogP contribution >= 0.6 is 0 Å². The molecular formula is C29H36FN. The zero-order chi connectivity index (χ0) is 23.0. The minimum absolute atomic E-state index is 0.0280. The molecule has 0 bridgehead atoms. The summed E-state index contributed by atoms with van der Waals surface area (Å²) in [4.78, 5) is 0. The predicted molar refractivity (Wildman–Crippen MR) is 135 cm³/mol. The van der Waals surface area contributed by atoms with E-state index in [4.69, 9.17) is 0 Å². The van der Waals surface area contributed by atoms with E-state index >= 15 is 0 Å². The van der Waals surface area contributed by atoms with E-state index < -0.39 is 0 Å². The van der Waals surface area contributed by atoms with Crippen LogP contribution < -0.4 is 5.32 Å². The molecule has 31 heavy (non-hydrogen) atoms. The summed E-state index contributed by atoms with van der Waals surface area (Å²) in [5.74, 6) is -0.0280. The molecule has 0 saturated carbocycles. The molecule has 164 valence electrons. The normalized spacial score (nSPS) is 15.7. The van der Waals surface area contributed by atoms with Crippen LogP contribution in [0.2, 0.25) is 0 Å². The van der Waals surface area contributed by atoms with Crippen molar-refractivity contribution in [1.82, 2.24) is 0 Å². The Hall–Kier alpha value is -2.87. The van der Waals surface area contributed by atoms with Crippen LogP contribution in [0.4, 0.5) is 10.1 Å². The Morgan fingerprint density at radius 2 is 1.77 bits per heavy atom. The number of hydrogen-bond donors (Lipinski definition) is 1. The maximum Gasteiger partial charge on any atom is 0.108 e. The number of aryl methyl sites for hydroxylation is 1. The van der Waals surface area contributed by atoms with Crippen molar-refractivity contribution in [2.75, 3.05) is 5.32 Å². The smallest absolute Gasteiger partial charge is 0.108 e. The quantitative estimate of drug-likeness (QED) is 0.395. The zero-order valence-electron chi connectivity index (χ0n) is 19.7. The van der Waals surface area contributed by atoms with E-state index in [1.165, 1.54) is 5.56 Å². The molecule has 0 aliphatic heterocycles. The van der Waals surface area contributed by atoms with Crippen molar-refractivity contribution in [3.8, 4) is 0 Å². The Morgan fingerprint density at radius 3 is 2.35 bits per heavy atom. The topological polar surface area (TPSA) is 12.0 Å². The maximum absolute atomic E-state index is 14.7. The highest BCUT2D eigenvalue weighted by Gasteiger charge is 2.18. The summed E-state index contributed by atoms with van der Waals surface area (Å²) >= 11 is 0. The van der Waals surface area contributed by atoms with Crippen molar-refractivity contribution >= 4 is 5.69 Å². The van der Waals surface area contributed by atoms with E-state index in [-0.39, 0.29) is 5.83 Å². The Kier molecular flexibility index (Phi) is 9.05. The average Bonchev–Trinajstić information content (AvgIpc) is 2.72. The molecule has 1 aromatic carbocycles. The SMILES string of the molecule is C=C(CC)C(=CC/C(=C/C=C(\C)Nc1ccc(C)cc1)C(=C)C)C1=C(F)CCC=C1C. The van der Waals surface area contributed by atoms with E-state index in [1.807, 2.05) is 20.8 Å². The zero-order valence-corrected chi connectivity index (χ0v) is 19.7. The lowest BCUT2D eigenvalue weighted by Crippen LogP contribution is -2.02. The molecule has 0 radical (unpaired) electrons. The average molecular weight is 418 g/mol. The van der Waals surface area contributed by atoms with Crippen LogP contribution in [-0.2, 0) is 0 Å². The van der Waals surface area contributed by atoms with Gasteiger partial charge < -0.3 is 5.32 Å². The van der Waals surface area contributed by atoms with E-state index in [0.717, 1.165) is 57.7 Å². The first kappa shape index (κ1) is 24.4. The van der Waals surface area contributed by atoms with Gasteiger partial charge in [0.25, 0.3) is 0 Å². The van der Waals surface area contributed by atoms with Crippen molar-refractivity contribution in [3.63, 3.8) is 0 Å². The molecule has 0 aromatic heterocycles. The van der Waals surface area contributed by atoms with Crippen LogP contribution in [0.5, 0.6) is 0 Å². The van der Waals surface area contributed by atoms with Gasteiger partial charge in [-0.15, -0.1) is 0 Å². The number of hydrogen-bond acceptors (Lipinski definition) is 1. The molecule has 1 aliphatic carbocycles. The number of anilines is 1. The first-order chi connectivity index (χ1) is 14.7. The molecule has 1 nitrogen and oxygen atoms in total. The standard InChI is InChI=1S/C29H36FN/c1-8-22(5)27(29-23(6)10-9-11-28(29)30)19-16-25(20(2)3)15-14-24(7)31-26-17-12-21(4)13-18-26/h10,12-15,17-19,31H,2,5,8-9,11,16H2,1,3-4,6-7H3/b24-14+,25-15-,27-19?. The number of allylic oxidation sites excluding steroid dienone is 12. The second-order valence-corrected chi connectivity index (χ2v) is 8.30. The van der Waals surface area contributed by atoms with Gasteiger partial charge in [0.05, 0.1) is 0 Å². The first-order valence-electron chi connectivity index (χ1n) is 11.0. The summed E-state index contributed by atoms with van der Waals surface area (Å²) in [5, 5.41) is 3.41. The van der Waals surface area contributed by atoms with Gasteiger partial charge in [-0.3, -0.25) is 0 Å². The molecule has 0 saturated heterocycles. The molecule has 1 aromatic rings. The Bertz CT molecular complexity index is 978. The van der Waals surface area contributed by atoms with Crippen molar-refractivity contribution in [3.05, 3.63) is 112 Å². The summed E-state index contributed by atoms with van der Waals surface area (Å²) in [6, 6.07) is 8.33. The van der Waals surface area contributed by atoms with Crippen molar-refractivity contribution in [2.45, 2.75) is 60.3 Å². The fraction of sp³-hybridized carbons (Fsp3) is 0.310. The minimum atomic E-state index is -0.0280. The highest BCUT2D eigenvalue weighted by Crippen LogP contribution is 2.35.